The molecule has 0 amide bonds. The first kappa shape index (κ1) is 12.6. The fraction of sp³-hybridized carbons (Fsp3) is 0.400. The number of anilines is 1. The number of benzene rings is 1. The van der Waals surface area contributed by atoms with Gasteiger partial charge in [-0.15, -0.1) is 13.2 Å². The highest BCUT2D eigenvalue weighted by Gasteiger charge is 2.30. The van der Waals surface area contributed by atoms with Crippen molar-refractivity contribution in [1.29, 1.82) is 0 Å². The van der Waals surface area contributed by atoms with Crippen molar-refractivity contribution in [3.8, 4) is 5.75 Å². The second-order valence-electron chi connectivity index (χ2n) is 3.25. The molecule has 0 unspecified atom stereocenters. The van der Waals surface area contributed by atoms with Crippen molar-refractivity contribution in [3.63, 3.8) is 0 Å². The van der Waals surface area contributed by atoms with Gasteiger partial charge in [0, 0.05) is 25.8 Å². The number of likely N-dealkylation sites (N-methyl/N-ethyl adjacent to an activating group) is 1. The number of ether oxygens (including phenoxy) is 1. The van der Waals surface area contributed by atoms with E-state index in [1.165, 1.54) is 12.1 Å². The molecule has 0 radical (unpaired) electrons. The third kappa shape index (κ3) is 3.98. The van der Waals surface area contributed by atoms with E-state index in [4.69, 9.17) is 5.73 Å². The van der Waals surface area contributed by atoms with Gasteiger partial charge in [-0.05, 0) is 24.3 Å². The molecule has 1 rings (SSSR count). The second-order valence-corrected chi connectivity index (χ2v) is 3.25. The maximum atomic E-state index is 11.9. The van der Waals surface area contributed by atoms with E-state index in [0.29, 0.717) is 13.1 Å². The molecule has 1 aromatic carbocycles. The number of nitrogens with two attached hydrogens (primary N) is 1. The van der Waals surface area contributed by atoms with E-state index in [-0.39, 0.29) is 5.75 Å². The molecule has 0 saturated carbocycles. The molecule has 6 heteroatoms. The zero-order chi connectivity index (χ0) is 12.2. The van der Waals surface area contributed by atoms with Crippen LogP contribution in [-0.4, -0.2) is 26.5 Å². The summed E-state index contributed by atoms with van der Waals surface area (Å²) in [4.78, 5) is 1.84. The Morgan fingerprint density at radius 1 is 1.25 bits per heavy atom. The summed E-state index contributed by atoms with van der Waals surface area (Å²) in [6, 6.07) is 5.65. The maximum absolute atomic E-state index is 11.9. The van der Waals surface area contributed by atoms with E-state index >= 15 is 0 Å². The fourth-order valence-electron chi connectivity index (χ4n) is 1.23. The lowest BCUT2D eigenvalue weighted by Crippen LogP contribution is -2.24. The Bertz CT molecular complexity index is 324. The average molecular weight is 234 g/mol. The Morgan fingerprint density at radius 2 is 1.81 bits per heavy atom. The molecule has 90 valence electrons. The summed E-state index contributed by atoms with van der Waals surface area (Å²) in [5.41, 5.74) is 6.16. The molecule has 0 aromatic heterocycles. The Balaban J connectivity index is 2.68. The predicted octanol–water partition coefficient (Wildman–Crippen LogP) is 1.98. The van der Waals surface area contributed by atoms with E-state index in [1.54, 1.807) is 12.1 Å². The third-order valence-corrected chi connectivity index (χ3v) is 1.98. The van der Waals surface area contributed by atoms with Gasteiger partial charge in [-0.2, -0.15) is 0 Å². The molecule has 0 fully saturated rings. The Kier molecular flexibility index (Phi) is 4.00. The van der Waals surface area contributed by atoms with Gasteiger partial charge in [0.2, 0.25) is 0 Å². The van der Waals surface area contributed by atoms with Crippen molar-refractivity contribution in [2.45, 2.75) is 6.36 Å². The molecule has 0 spiro atoms. The molecule has 0 heterocycles. The molecule has 0 aliphatic rings. The largest absolute Gasteiger partial charge is 0.573 e. The smallest absolute Gasteiger partial charge is 0.406 e. The average Bonchev–Trinajstić information content (AvgIpc) is 2.16. The van der Waals surface area contributed by atoms with Crippen LogP contribution >= 0.6 is 0 Å². The SMILES string of the molecule is CN(CCN)c1ccc(OC(F)(F)F)cc1. The van der Waals surface area contributed by atoms with Crippen molar-refractivity contribution in [2.24, 2.45) is 5.73 Å². The minimum Gasteiger partial charge on any atom is -0.406 e. The molecule has 0 aliphatic heterocycles. The van der Waals surface area contributed by atoms with Crippen molar-refractivity contribution in [3.05, 3.63) is 24.3 Å². The number of halogens is 3. The van der Waals surface area contributed by atoms with Crippen LogP contribution in [0, 0.1) is 0 Å². The van der Waals surface area contributed by atoms with Crippen LogP contribution in [0.3, 0.4) is 0 Å². The fourth-order valence-corrected chi connectivity index (χ4v) is 1.23. The number of alkyl halides is 3. The molecule has 1 aromatic rings. The molecular weight excluding hydrogens is 221 g/mol. The standard InChI is InChI=1S/C10H13F3N2O/c1-15(7-6-14)8-2-4-9(5-3-8)16-10(11,12)13/h2-5H,6-7,14H2,1H3. The van der Waals surface area contributed by atoms with Gasteiger partial charge in [0.15, 0.2) is 0 Å². The molecule has 0 saturated heterocycles. The summed E-state index contributed by atoms with van der Waals surface area (Å²) in [7, 11) is 1.81. The lowest BCUT2D eigenvalue weighted by molar-refractivity contribution is -0.274. The van der Waals surface area contributed by atoms with Gasteiger partial charge in [0.05, 0.1) is 0 Å². The van der Waals surface area contributed by atoms with Crippen LogP contribution in [0.1, 0.15) is 0 Å². The Morgan fingerprint density at radius 3 is 2.25 bits per heavy atom. The van der Waals surface area contributed by atoms with Crippen LogP contribution in [0.15, 0.2) is 24.3 Å². The van der Waals surface area contributed by atoms with Gasteiger partial charge in [0.1, 0.15) is 5.75 Å². The minimum atomic E-state index is -4.65. The van der Waals surface area contributed by atoms with Gasteiger partial charge in [-0.1, -0.05) is 0 Å². The number of nitrogens with zero attached hydrogens (tertiary/aromatic N) is 1. The number of hydrogen-bond acceptors (Lipinski definition) is 3. The van der Waals surface area contributed by atoms with Gasteiger partial charge in [0.25, 0.3) is 0 Å². The highest BCUT2D eigenvalue weighted by atomic mass is 19.4. The highest BCUT2D eigenvalue weighted by molar-refractivity contribution is 5.48. The normalized spacial score (nSPS) is 11.3. The minimum absolute atomic E-state index is 0.225. The van der Waals surface area contributed by atoms with E-state index in [9.17, 15) is 13.2 Å². The Labute approximate surface area is 91.6 Å². The summed E-state index contributed by atoms with van der Waals surface area (Å²) in [6.07, 6.45) is -4.65. The van der Waals surface area contributed by atoms with Gasteiger partial charge in [-0.3, -0.25) is 0 Å². The number of hydrogen-bond donors (Lipinski definition) is 1. The first-order chi connectivity index (χ1) is 7.42. The van der Waals surface area contributed by atoms with Crippen LogP contribution in [0.25, 0.3) is 0 Å². The van der Waals surface area contributed by atoms with Crippen molar-refractivity contribution >= 4 is 5.69 Å². The van der Waals surface area contributed by atoms with Crippen LogP contribution in [-0.2, 0) is 0 Å². The quantitative estimate of drug-likeness (QED) is 0.865. The first-order valence-corrected chi connectivity index (χ1v) is 4.69. The van der Waals surface area contributed by atoms with E-state index < -0.39 is 6.36 Å². The topological polar surface area (TPSA) is 38.5 Å². The van der Waals surface area contributed by atoms with Crippen LogP contribution in [0.2, 0.25) is 0 Å². The summed E-state index contributed by atoms with van der Waals surface area (Å²) in [5.74, 6) is -0.225. The third-order valence-electron chi connectivity index (χ3n) is 1.98. The summed E-state index contributed by atoms with van der Waals surface area (Å²) >= 11 is 0. The van der Waals surface area contributed by atoms with Gasteiger partial charge in [-0.25, -0.2) is 0 Å². The molecule has 2 N–H and O–H groups in total. The lowest BCUT2D eigenvalue weighted by atomic mass is 10.3. The lowest BCUT2D eigenvalue weighted by Gasteiger charge is -2.18. The predicted molar refractivity (Wildman–Crippen MR) is 55.4 cm³/mol. The molecule has 16 heavy (non-hydrogen) atoms. The Hall–Kier alpha value is -1.43. The molecule has 0 atom stereocenters. The van der Waals surface area contributed by atoms with Gasteiger partial charge < -0.3 is 15.4 Å². The van der Waals surface area contributed by atoms with Crippen molar-refractivity contribution < 1.29 is 17.9 Å². The molecule has 0 aliphatic carbocycles. The molecule has 0 bridgehead atoms. The van der Waals surface area contributed by atoms with Crippen molar-refractivity contribution in [1.82, 2.24) is 0 Å². The molecular formula is C10H13F3N2O. The van der Waals surface area contributed by atoms with Crippen LogP contribution in [0.4, 0.5) is 18.9 Å². The van der Waals surface area contributed by atoms with Crippen LogP contribution < -0.4 is 15.4 Å². The highest BCUT2D eigenvalue weighted by Crippen LogP contribution is 2.24. The first-order valence-electron chi connectivity index (χ1n) is 4.69. The van der Waals surface area contributed by atoms with Crippen molar-refractivity contribution in [2.75, 3.05) is 25.0 Å². The zero-order valence-corrected chi connectivity index (χ0v) is 8.79. The summed E-state index contributed by atoms with van der Waals surface area (Å²) in [6.45, 7) is 1.12. The van der Waals surface area contributed by atoms with Crippen LogP contribution in [0.5, 0.6) is 5.75 Å². The summed E-state index contributed by atoms with van der Waals surface area (Å²) < 4.78 is 39.4. The van der Waals surface area contributed by atoms with E-state index in [1.807, 2.05) is 11.9 Å². The second kappa shape index (κ2) is 5.07. The zero-order valence-electron chi connectivity index (χ0n) is 8.79. The monoisotopic (exact) mass is 234 g/mol. The van der Waals surface area contributed by atoms with Gasteiger partial charge >= 0.3 is 6.36 Å². The van der Waals surface area contributed by atoms with E-state index in [0.717, 1.165) is 5.69 Å². The molecule has 3 nitrogen and oxygen atoms in total. The summed E-state index contributed by atoms with van der Waals surface area (Å²) in [5, 5.41) is 0. The van der Waals surface area contributed by atoms with E-state index in [2.05, 4.69) is 4.74 Å². The number of rotatable bonds is 4. The maximum Gasteiger partial charge on any atom is 0.573 e.